The third-order valence-electron chi connectivity index (χ3n) is 19.1. The van der Waals surface area contributed by atoms with E-state index in [0.29, 0.717) is 66.4 Å². The maximum absolute atomic E-state index is 14.5. The largest absolute Gasteiger partial charge is 0.497 e. The fourth-order valence-corrected chi connectivity index (χ4v) is 13.2. The van der Waals surface area contributed by atoms with Crippen molar-refractivity contribution in [3.63, 3.8) is 0 Å². The Morgan fingerprint density at radius 2 is 1.41 bits per heavy atom. The number of hydrogen-bond acceptors (Lipinski definition) is 18. The van der Waals surface area contributed by atoms with Gasteiger partial charge in [-0.05, 0) is 115 Å². The fourth-order valence-electron chi connectivity index (χ4n) is 13.2. The number of aliphatic hydroxyl groups is 1. The third kappa shape index (κ3) is 16.1. The van der Waals surface area contributed by atoms with Crippen molar-refractivity contribution in [1.82, 2.24) is 36.1 Å². The lowest BCUT2D eigenvalue weighted by atomic mass is 10.0. The molecule has 5 atom stereocenters. The number of hydrogen-bond donors (Lipinski definition) is 7. The van der Waals surface area contributed by atoms with Crippen LogP contribution in [-0.2, 0) is 46.7 Å². The van der Waals surface area contributed by atoms with E-state index in [4.69, 9.17) is 28.4 Å². The number of carbonyl (C=O) groups excluding carboxylic acids is 9. The first-order chi connectivity index (χ1) is 49.7. The number of rotatable bonds is 25. The van der Waals surface area contributed by atoms with E-state index < -0.39 is 84.9 Å². The zero-order chi connectivity index (χ0) is 72.6. The Bertz CT molecular complexity index is 4390. The molecule has 12 rings (SSSR count). The van der Waals surface area contributed by atoms with Crippen molar-refractivity contribution in [2.75, 3.05) is 81.2 Å². The summed E-state index contributed by atoms with van der Waals surface area (Å²) in [6, 6.07) is 28.9. The lowest BCUT2D eigenvalue weighted by Gasteiger charge is -2.31. The van der Waals surface area contributed by atoms with E-state index in [1.165, 1.54) is 51.6 Å². The minimum Gasteiger partial charge on any atom is -0.497 e. The van der Waals surface area contributed by atoms with Gasteiger partial charge in [0.2, 0.25) is 35.4 Å². The normalized spacial score (nSPS) is 17.7. The fraction of sp³-hybridized carbons (Fsp3) is 0.368. The van der Waals surface area contributed by atoms with Crippen molar-refractivity contribution < 1.29 is 76.7 Å². The molecule has 0 bridgehead atoms. The summed E-state index contributed by atoms with van der Waals surface area (Å²) < 4.78 is 35.1. The quantitative estimate of drug-likeness (QED) is 0.0233. The molecule has 1 saturated heterocycles. The van der Waals surface area contributed by atoms with E-state index in [0.717, 1.165) is 45.8 Å². The van der Waals surface area contributed by atoms with Crippen LogP contribution in [-0.4, -0.2) is 164 Å². The molecule has 1 spiro atoms. The maximum atomic E-state index is 14.5. The highest BCUT2D eigenvalue weighted by molar-refractivity contribution is 6.07. The van der Waals surface area contributed by atoms with Gasteiger partial charge < -0.3 is 80.1 Å². The van der Waals surface area contributed by atoms with Crippen LogP contribution in [0.2, 0.25) is 0 Å². The second-order valence-corrected chi connectivity index (χ2v) is 26.5. The molecule has 1 unspecified atom stereocenters. The topological polar surface area (TPSA) is 327 Å². The number of para-hydroxylation sites is 1. The van der Waals surface area contributed by atoms with Crippen molar-refractivity contribution in [3.8, 4) is 40.6 Å². The van der Waals surface area contributed by atoms with E-state index in [9.17, 15) is 48.3 Å². The molecule has 27 heteroatoms. The summed E-state index contributed by atoms with van der Waals surface area (Å²) in [6.45, 7) is 4.83. The molecule has 6 aliphatic rings. The van der Waals surface area contributed by atoms with Gasteiger partial charge in [0.05, 0.1) is 112 Å². The number of nitrogens with zero attached hydrogens (tertiary/aromatic N) is 5. The molecule has 0 radical (unpaired) electrons. The minimum absolute atomic E-state index is 0.0366. The van der Waals surface area contributed by atoms with Gasteiger partial charge in [0.15, 0.2) is 29.2 Å². The first-order valence-electron chi connectivity index (χ1n) is 34.2. The van der Waals surface area contributed by atoms with E-state index in [-0.39, 0.29) is 96.6 Å². The molecule has 6 heterocycles. The number of methoxy groups -OCH3 is 3. The van der Waals surface area contributed by atoms with Gasteiger partial charge in [-0.25, -0.2) is 9.69 Å². The highest BCUT2D eigenvalue weighted by Crippen LogP contribution is 2.57. The molecule has 1 aliphatic carbocycles. The van der Waals surface area contributed by atoms with Crippen LogP contribution < -0.4 is 65.4 Å². The Morgan fingerprint density at radius 3 is 2.12 bits per heavy atom. The summed E-state index contributed by atoms with van der Waals surface area (Å²) in [4.78, 5) is 133. The molecule has 5 aliphatic heterocycles. The third-order valence-corrected chi connectivity index (χ3v) is 19.1. The van der Waals surface area contributed by atoms with Crippen molar-refractivity contribution >= 4 is 81.7 Å². The first kappa shape index (κ1) is 71.2. The number of nitrogens with one attached hydrogen (secondary N) is 6. The number of amides is 9. The summed E-state index contributed by atoms with van der Waals surface area (Å²) in [6.07, 6.45) is 3.62. The number of benzene rings is 5. The van der Waals surface area contributed by atoms with Gasteiger partial charge in [-0.1, -0.05) is 68.2 Å². The highest BCUT2D eigenvalue weighted by atomic mass is 16.6. The van der Waals surface area contributed by atoms with Crippen LogP contribution in [0.4, 0.5) is 27.5 Å². The Hall–Kier alpha value is -11.7. The second-order valence-electron chi connectivity index (χ2n) is 26.5. The number of fused-ring (bicyclic) bond motifs is 6. The standard InChI is InChI=1S/C76H81N11O16/c1-44(2)69(83-67(90)39-80-66(89)38-79-65(88)24-25-68(91)85-40-49-14-8-7-12-46(49)16-17-48-13-9-10-15-58(48)85)71(93)81-45(3)70(92)82-51-20-21-52(77-36-51)42-103-75(97)87-59-34-64(62(100-6)32-56(59)73(95)86-43-76(26-27-76)35-60(86)74(87)96)102-29-11-28-101-63-33-57-55(31-61(63)99-5)72(94)84-41-50(30-53(84)37-78-57)47-18-22-54(98-4)23-19-47/h7-10,12-15,18-23,31-34,36,41,44-45,53,60,69,74,78,96H,11,24-30,35,37-40,42-43H2,1-6H3,(H,79,88)(H,80,89)(H,81,93)(H,82,92)(H,83,90)/t45-,53-,60-,69-,74?/m0/s1. The van der Waals surface area contributed by atoms with Gasteiger partial charge in [-0.3, -0.25) is 43.3 Å². The maximum Gasteiger partial charge on any atom is 0.416 e. The van der Waals surface area contributed by atoms with Gasteiger partial charge in [0, 0.05) is 61.8 Å². The molecular formula is C76H81N11O16. The Kier molecular flexibility index (Phi) is 21.5. The molecule has 536 valence electrons. The molecule has 1 saturated carbocycles. The zero-order valence-corrected chi connectivity index (χ0v) is 57.9. The van der Waals surface area contributed by atoms with Gasteiger partial charge in [0.25, 0.3) is 11.8 Å². The summed E-state index contributed by atoms with van der Waals surface area (Å²) in [7, 11) is 4.55. The van der Waals surface area contributed by atoms with Gasteiger partial charge in [0.1, 0.15) is 24.4 Å². The lowest BCUT2D eigenvalue weighted by Crippen LogP contribution is -2.55. The molecule has 7 N–H and O–H groups in total. The monoisotopic (exact) mass is 1400 g/mol. The Labute approximate surface area is 594 Å². The number of pyridine rings is 1. The van der Waals surface area contributed by atoms with Crippen LogP contribution in [0.15, 0.2) is 122 Å². The number of aliphatic hydroxyl groups excluding tert-OH is 1. The molecular weight excluding hydrogens is 1320 g/mol. The molecule has 6 aromatic rings. The summed E-state index contributed by atoms with van der Waals surface area (Å²) in [5, 5.41) is 28.4. The molecule has 27 nitrogen and oxygen atoms in total. The lowest BCUT2D eigenvalue weighted by molar-refractivity contribution is -0.132. The van der Waals surface area contributed by atoms with Crippen LogP contribution >= 0.6 is 0 Å². The number of carbonyl (C=O) groups is 9. The summed E-state index contributed by atoms with van der Waals surface area (Å²) >= 11 is 0. The first-order valence-corrected chi connectivity index (χ1v) is 34.2. The predicted octanol–water partition coefficient (Wildman–Crippen LogP) is 6.65. The SMILES string of the molecule is COc1ccc(C2=CN3C(=O)c4cc(OC)c(OCCCOc5cc6c(cc5OC)C(=O)N5CC7(CC7)C[C@H]5C(O)N6C(=O)OCc5ccc(NC(=O)[C@H](C)NC(=O)[C@@H](NC(=O)CNC(=O)CNC(=O)CCC(=O)N6Cc7ccccc7C#Cc7ccccc76)C(C)C)cn5)cc4NC[C@@H]3C2)cc1. The number of anilines is 4. The average molecular weight is 1400 g/mol. The smallest absolute Gasteiger partial charge is 0.416 e. The van der Waals surface area contributed by atoms with E-state index in [1.54, 1.807) is 53.9 Å². The minimum atomic E-state index is -1.52. The zero-order valence-electron chi connectivity index (χ0n) is 57.9. The van der Waals surface area contributed by atoms with Gasteiger partial charge >= 0.3 is 6.09 Å². The molecule has 1 aromatic heterocycles. The summed E-state index contributed by atoms with van der Waals surface area (Å²) in [5.41, 5.74) is 6.51. The Morgan fingerprint density at radius 1 is 0.718 bits per heavy atom. The van der Waals surface area contributed by atoms with E-state index in [1.807, 2.05) is 72.9 Å². The van der Waals surface area contributed by atoms with Crippen LogP contribution in [0.1, 0.15) is 114 Å². The van der Waals surface area contributed by atoms with Crippen LogP contribution in [0.3, 0.4) is 0 Å². The van der Waals surface area contributed by atoms with Crippen molar-refractivity contribution in [1.29, 1.82) is 0 Å². The van der Waals surface area contributed by atoms with E-state index in [2.05, 4.69) is 48.7 Å². The average Bonchev–Trinajstić information content (AvgIpc) is 1.57. The van der Waals surface area contributed by atoms with Crippen LogP contribution in [0, 0.1) is 23.2 Å². The number of ether oxygens (including phenoxy) is 6. The van der Waals surface area contributed by atoms with Gasteiger partial charge in [-0.15, -0.1) is 0 Å². The molecule has 9 amide bonds. The van der Waals surface area contributed by atoms with Crippen molar-refractivity contribution in [2.45, 2.75) is 109 Å². The highest BCUT2D eigenvalue weighted by Gasteiger charge is 2.58. The van der Waals surface area contributed by atoms with E-state index >= 15 is 0 Å². The Balaban J connectivity index is 0.606. The van der Waals surface area contributed by atoms with Crippen LogP contribution in [0.25, 0.3) is 5.57 Å². The van der Waals surface area contributed by atoms with Crippen molar-refractivity contribution in [3.05, 3.63) is 161 Å². The molecule has 2 fully saturated rings. The summed E-state index contributed by atoms with van der Waals surface area (Å²) in [5.74, 6) is 3.63. The predicted molar refractivity (Wildman–Crippen MR) is 378 cm³/mol. The van der Waals surface area contributed by atoms with Gasteiger partial charge in [-0.2, -0.15) is 0 Å². The van der Waals surface area contributed by atoms with Crippen molar-refractivity contribution in [2.24, 2.45) is 11.3 Å². The van der Waals surface area contributed by atoms with Crippen LogP contribution in [0.5, 0.6) is 28.7 Å². The molecule has 5 aromatic carbocycles. The number of aromatic nitrogens is 1. The molecule has 103 heavy (non-hydrogen) atoms. The second kappa shape index (κ2) is 31.1.